The molecule has 5 heteroatoms. The molecule has 0 spiro atoms. The van der Waals surface area contributed by atoms with Crippen LogP contribution < -0.4 is 10.6 Å². The summed E-state index contributed by atoms with van der Waals surface area (Å²) in [6.45, 7) is 0.508. The molecule has 0 bridgehead atoms. The zero-order chi connectivity index (χ0) is 16.2. The highest BCUT2D eigenvalue weighted by Gasteiger charge is 2.39. The lowest BCUT2D eigenvalue weighted by Crippen LogP contribution is -2.31. The molecule has 1 heterocycles. The van der Waals surface area contributed by atoms with Gasteiger partial charge in [0.25, 0.3) is 0 Å². The summed E-state index contributed by atoms with van der Waals surface area (Å²) in [5.41, 5.74) is 8.27. The lowest BCUT2D eigenvalue weighted by molar-refractivity contribution is -0.121. The zero-order valence-electron chi connectivity index (χ0n) is 12.6. The van der Waals surface area contributed by atoms with E-state index in [1.54, 1.807) is 0 Å². The fourth-order valence-electron chi connectivity index (χ4n) is 2.65. The van der Waals surface area contributed by atoms with Crippen molar-refractivity contribution in [1.82, 2.24) is 0 Å². The normalized spacial score (nSPS) is 17.8. The van der Waals surface area contributed by atoms with E-state index in [0.717, 1.165) is 11.1 Å². The van der Waals surface area contributed by atoms with Gasteiger partial charge in [-0.2, -0.15) is 0 Å². The number of benzene rings is 2. The van der Waals surface area contributed by atoms with Gasteiger partial charge in [-0.1, -0.05) is 42.5 Å². The second-order valence-corrected chi connectivity index (χ2v) is 6.64. The molecule has 0 aromatic heterocycles. The van der Waals surface area contributed by atoms with E-state index in [-0.39, 0.29) is 23.5 Å². The molecule has 118 valence electrons. The maximum Gasteiger partial charge on any atom is 0.247 e. The number of carbonyl (C=O) groups excluding carboxylic acids is 2. The van der Waals surface area contributed by atoms with Crippen molar-refractivity contribution in [3.05, 3.63) is 54.6 Å². The van der Waals surface area contributed by atoms with E-state index in [0.29, 0.717) is 18.0 Å². The predicted octanol–water partition coefficient (Wildman–Crippen LogP) is 2.68. The molecule has 1 saturated heterocycles. The quantitative estimate of drug-likeness (QED) is 0.858. The van der Waals surface area contributed by atoms with Gasteiger partial charge >= 0.3 is 0 Å². The monoisotopic (exact) mass is 326 g/mol. The number of hydrogen-bond donors (Lipinski definition) is 1. The molecule has 2 aromatic carbocycles. The minimum atomic E-state index is -0.306. The Bertz CT molecular complexity index is 701. The SMILES string of the molecule is NCCSC1CC(=O)N(c2ccc(-c3ccccc3)cc2)C1=O. The van der Waals surface area contributed by atoms with Crippen LogP contribution in [0.2, 0.25) is 0 Å². The Morgan fingerprint density at radius 1 is 1.00 bits per heavy atom. The summed E-state index contributed by atoms with van der Waals surface area (Å²) >= 11 is 1.46. The highest BCUT2D eigenvalue weighted by Crippen LogP contribution is 2.30. The molecular weight excluding hydrogens is 308 g/mol. The van der Waals surface area contributed by atoms with Crippen molar-refractivity contribution in [2.24, 2.45) is 5.73 Å². The minimum Gasteiger partial charge on any atom is -0.330 e. The zero-order valence-corrected chi connectivity index (χ0v) is 13.5. The summed E-state index contributed by atoms with van der Waals surface area (Å²) in [7, 11) is 0. The van der Waals surface area contributed by atoms with Gasteiger partial charge < -0.3 is 5.73 Å². The summed E-state index contributed by atoms with van der Waals surface area (Å²) in [5, 5.41) is -0.306. The Morgan fingerprint density at radius 3 is 2.30 bits per heavy atom. The van der Waals surface area contributed by atoms with E-state index >= 15 is 0 Å². The van der Waals surface area contributed by atoms with Crippen LogP contribution in [0, 0.1) is 0 Å². The third-order valence-corrected chi connectivity index (χ3v) is 5.02. The Hall–Kier alpha value is -2.11. The largest absolute Gasteiger partial charge is 0.330 e. The molecular formula is C18H18N2O2S. The summed E-state index contributed by atoms with van der Waals surface area (Å²) in [4.78, 5) is 25.9. The Morgan fingerprint density at radius 2 is 1.65 bits per heavy atom. The molecule has 1 unspecified atom stereocenters. The average molecular weight is 326 g/mol. The lowest BCUT2D eigenvalue weighted by Gasteiger charge is -2.15. The Kier molecular flexibility index (Phi) is 4.79. The number of hydrogen-bond acceptors (Lipinski definition) is 4. The lowest BCUT2D eigenvalue weighted by atomic mass is 10.1. The first-order valence-electron chi connectivity index (χ1n) is 7.54. The van der Waals surface area contributed by atoms with Gasteiger partial charge in [0.2, 0.25) is 11.8 Å². The average Bonchev–Trinajstić information content (AvgIpc) is 2.88. The van der Waals surface area contributed by atoms with Crippen molar-refractivity contribution in [2.75, 3.05) is 17.2 Å². The van der Waals surface area contributed by atoms with E-state index < -0.39 is 0 Å². The number of rotatable bonds is 5. The van der Waals surface area contributed by atoms with Crippen molar-refractivity contribution in [2.45, 2.75) is 11.7 Å². The molecule has 1 aliphatic heterocycles. The summed E-state index contributed by atoms with van der Waals surface area (Å²) in [5.74, 6) is 0.405. The molecule has 3 rings (SSSR count). The number of amides is 2. The fraction of sp³-hybridized carbons (Fsp3) is 0.222. The van der Waals surface area contributed by atoms with Crippen LogP contribution in [0.25, 0.3) is 11.1 Å². The fourth-order valence-corrected chi connectivity index (χ4v) is 3.58. The molecule has 2 amide bonds. The number of nitrogens with zero attached hydrogens (tertiary/aromatic N) is 1. The number of anilines is 1. The van der Waals surface area contributed by atoms with Gasteiger partial charge in [0.15, 0.2) is 0 Å². The van der Waals surface area contributed by atoms with Crippen molar-refractivity contribution in [1.29, 1.82) is 0 Å². The standard InChI is InChI=1S/C18H18N2O2S/c19-10-11-23-16-12-17(21)20(18(16)22)15-8-6-14(7-9-15)13-4-2-1-3-5-13/h1-9,16H,10-12,19H2. The number of nitrogens with two attached hydrogens (primary N) is 1. The number of carbonyl (C=O) groups is 2. The van der Waals surface area contributed by atoms with Gasteiger partial charge in [0.1, 0.15) is 0 Å². The van der Waals surface area contributed by atoms with Crippen LogP contribution in [-0.4, -0.2) is 29.4 Å². The van der Waals surface area contributed by atoms with E-state index in [1.807, 2.05) is 54.6 Å². The van der Waals surface area contributed by atoms with Gasteiger partial charge in [0, 0.05) is 18.7 Å². The van der Waals surface area contributed by atoms with E-state index in [2.05, 4.69) is 0 Å². The molecule has 1 aliphatic rings. The van der Waals surface area contributed by atoms with Gasteiger partial charge in [-0.3, -0.25) is 9.59 Å². The van der Waals surface area contributed by atoms with Crippen molar-refractivity contribution in [3.8, 4) is 11.1 Å². The third-order valence-electron chi connectivity index (χ3n) is 3.77. The molecule has 0 saturated carbocycles. The van der Waals surface area contributed by atoms with Crippen LogP contribution in [0.4, 0.5) is 5.69 Å². The minimum absolute atomic E-state index is 0.138. The number of thioether (sulfide) groups is 1. The third kappa shape index (κ3) is 3.30. The molecule has 0 radical (unpaired) electrons. The van der Waals surface area contributed by atoms with Crippen LogP contribution in [0.15, 0.2) is 54.6 Å². The molecule has 0 aliphatic carbocycles. The van der Waals surface area contributed by atoms with Crippen LogP contribution in [0.5, 0.6) is 0 Å². The van der Waals surface area contributed by atoms with Gasteiger partial charge in [-0.15, -0.1) is 11.8 Å². The van der Waals surface area contributed by atoms with E-state index in [9.17, 15) is 9.59 Å². The van der Waals surface area contributed by atoms with Gasteiger partial charge in [0.05, 0.1) is 10.9 Å². The van der Waals surface area contributed by atoms with Crippen molar-refractivity contribution < 1.29 is 9.59 Å². The topological polar surface area (TPSA) is 63.4 Å². The van der Waals surface area contributed by atoms with E-state index in [4.69, 9.17) is 5.73 Å². The predicted molar refractivity (Wildman–Crippen MR) is 94.3 cm³/mol. The second-order valence-electron chi connectivity index (χ2n) is 5.33. The van der Waals surface area contributed by atoms with Gasteiger partial charge in [-0.05, 0) is 23.3 Å². The smallest absolute Gasteiger partial charge is 0.247 e. The highest BCUT2D eigenvalue weighted by atomic mass is 32.2. The first kappa shape index (κ1) is 15.8. The summed E-state index contributed by atoms with van der Waals surface area (Å²) in [6.07, 6.45) is 0.254. The summed E-state index contributed by atoms with van der Waals surface area (Å²) in [6, 6.07) is 17.5. The first-order valence-corrected chi connectivity index (χ1v) is 8.59. The summed E-state index contributed by atoms with van der Waals surface area (Å²) < 4.78 is 0. The Balaban J connectivity index is 1.79. The first-order chi connectivity index (χ1) is 11.2. The molecule has 1 atom stereocenters. The molecule has 1 fully saturated rings. The molecule has 2 N–H and O–H groups in total. The molecule has 23 heavy (non-hydrogen) atoms. The maximum absolute atomic E-state index is 12.4. The van der Waals surface area contributed by atoms with Crippen LogP contribution >= 0.6 is 11.8 Å². The van der Waals surface area contributed by atoms with Crippen molar-refractivity contribution in [3.63, 3.8) is 0 Å². The van der Waals surface area contributed by atoms with Crippen LogP contribution in [-0.2, 0) is 9.59 Å². The maximum atomic E-state index is 12.4. The Labute approximate surface area is 139 Å². The number of imide groups is 1. The van der Waals surface area contributed by atoms with Crippen LogP contribution in [0.1, 0.15) is 6.42 Å². The highest BCUT2D eigenvalue weighted by molar-refractivity contribution is 8.00. The molecule has 4 nitrogen and oxygen atoms in total. The van der Waals surface area contributed by atoms with E-state index in [1.165, 1.54) is 16.7 Å². The van der Waals surface area contributed by atoms with Crippen molar-refractivity contribution >= 4 is 29.3 Å². The molecule has 2 aromatic rings. The second kappa shape index (κ2) is 6.98. The van der Waals surface area contributed by atoms with Crippen LogP contribution in [0.3, 0.4) is 0 Å². The van der Waals surface area contributed by atoms with Gasteiger partial charge in [-0.25, -0.2) is 4.90 Å².